The predicted molar refractivity (Wildman–Crippen MR) is 49.8 cm³/mol. The highest BCUT2D eigenvalue weighted by molar-refractivity contribution is 7.98. The lowest BCUT2D eigenvalue weighted by molar-refractivity contribution is 0.978. The van der Waals surface area contributed by atoms with Gasteiger partial charge in [0.2, 0.25) is 0 Å². The molecular weight excluding hydrogens is 156 g/mol. The summed E-state index contributed by atoms with van der Waals surface area (Å²) in [6.07, 6.45) is 2.95. The van der Waals surface area contributed by atoms with Crippen LogP contribution >= 0.6 is 11.8 Å². The molecule has 0 saturated carbocycles. The zero-order valence-corrected chi connectivity index (χ0v) is 7.61. The third kappa shape index (κ3) is 1.87. The van der Waals surface area contributed by atoms with E-state index in [9.17, 15) is 0 Å². The molecule has 0 spiro atoms. The molecule has 0 fully saturated rings. The molecule has 0 aliphatic carbocycles. The van der Waals surface area contributed by atoms with E-state index in [4.69, 9.17) is 5.73 Å². The van der Waals surface area contributed by atoms with E-state index < -0.39 is 0 Å². The average Bonchev–Trinajstić information content (AvgIpc) is 2.05. The molecule has 11 heavy (non-hydrogen) atoms. The van der Waals surface area contributed by atoms with Crippen molar-refractivity contribution in [3.63, 3.8) is 0 Å². The molecule has 1 heterocycles. The summed E-state index contributed by atoms with van der Waals surface area (Å²) in [7, 11) is 0. The summed E-state index contributed by atoms with van der Waals surface area (Å²) in [5.41, 5.74) is 7.54. The second kappa shape index (κ2) is 3.62. The summed E-state index contributed by atoms with van der Waals surface area (Å²) < 4.78 is 0. The second-order valence-corrected chi connectivity index (χ2v) is 3.05. The third-order valence-electron chi connectivity index (χ3n) is 1.50. The van der Waals surface area contributed by atoms with Gasteiger partial charge in [0.05, 0.1) is 5.69 Å². The first-order valence-electron chi connectivity index (χ1n) is 3.57. The van der Waals surface area contributed by atoms with Gasteiger partial charge >= 0.3 is 0 Å². The van der Waals surface area contributed by atoms with Crippen molar-refractivity contribution in [3.05, 3.63) is 17.8 Å². The SMILES string of the molecule is CCc1ccc(N)c(SC)n1. The number of anilines is 1. The third-order valence-corrected chi connectivity index (χ3v) is 2.22. The molecule has 1 rings (SSSR count). The molecule has 0 bridgehead atoms. The lowest BCUT2D eigenvalue weighted by Crippen LogP contribution is -1.94. The van der Waals surface area contributed by atoms with Crippen molar-refractivity contribution in [2.45, 2.75) is 18.4 Å². The Hall–Kier alpha value is -0.700. The van der Waals surface area contributed by atoms with Crippen LogP contribution in [-0.4, -0.2) is 11.2 Å². The standard InChI is InChI=1S/C8H12N2S/c1-3-6-4-5-7(9)8(10-6)11-2/h4-5H,3,9H2,1-2H3. The molecule has 1 aromatic rings. The summed E-state index contributed by atoms with van der Waals surface area (Å²) in [4.78, 5) is 4.35. The lowest BCUT2D eigenvalue weighted by atomic mass is 10.3. The highest BCUT2D eigenvalue weighted by atomic mass is 32.2. The molecule has 60 valence electrons. The fraction of sp³-hybridized carbons (Fsp3) is 0.375. The van der Waals surface area contributed by atoms with Crippen LogP contribution in [-0.2, 0) is 6.42 Å². The molecule has 0 amide bonds. The van der Waals surface area contributed by atoms with E-state index in [1.807, 2.05) is 18.4 Å². The largest absolute Gasteiger partial charge is 0.397 e. The number of nitrogens with two attached hydrogens (primary N) is 1. The fourth-order valence-electron chi connectivity index (χ4n) is 0.850. The van der Waals surface area contributed by atoms with Crippen LogP contribution in [0.4, 0.5) is 5.69 Å². The van der Waals surface area contributed by atoms with Crippen molar-refractivity contribution < 1.29 is 0 Å². The summed E-state index contributed by atoms with van der Waals surface area (Å²) in [5.74, 6) is 0. The molecule has 0 aliphatic rings. The van der Waals surface area contributed by atoms with Gasteiger partial charge in [0.25, 0.3) is 0 Å². The molecule has 0 atom stereocenters. The average molecular weight is 168 g/mol. The van der Waals surface area contributed by atoms with Crippen molar-refractivity contribution >= 4 is 17.4 Å². The van der Waals surface area contributed by atoms with Crippen molar-refractivity contribution in [3.8, 4) is 0 Å². The molecule has 0 aromatic carbocycles. The Morgan fingerprint density at radius 2 is 2.27 bits per heavy atom. The first-order chi connectivity index (χ1) is 5.27. The predicted octanol–water partition coefficient (Wildman–Crippen LogP) is 1.95. The van der Waals surface area contributed by atoms with Crippen LogP contribution in [0.3, 0.4) is 0 Å². The van der Waals surface area contributed by atoms with Crippen LogP contribution in [0.25, 0.3) is 0 Å². The Morgan fingerprint density at radius 3 is 2.82 bits per heavy atom. The zero-order valence-electron chi connectivity index (χ0n) is 6.79. The van der Waals surface area contributed by atoms with E-state index in [2.05, 4.69) is 11.9 Å². The normalized spacial score (nSPS) is 10.0. The van der Waals surface area contributed by atoms with E-state index in [0.717, 1.165) is 22.8 Å². The topological polar surface area (TPSA) is 38.9 Å². The smallest absolute Gasteiger partial charge is 0.119 e. The Bertz CT molecular complexity index is 248. The minimum atomic E-state index is 0.773. The lowest BCUT2D eigenvalue weighted by Gasteiger charge is -2.02. The fourth-order valence-corrected chi connectivity index (χ4v) is 1.36. The number of aromatic nitrogens is 1. The first-order valence-corrected chi connectivity index (χ1v) is 4.79. The van der Waals surface area contributed by atoms with Crippen molar-refractivity contribution in [1.29, 1.82) is 0 Å². The number of hydrogen-bond acceptors (Lipinski definition) is 3. The van der Waals surface area contributed by atoms with Crippen LogP contribution in [0.2, 0.25) is 0 Å². The highest BCUT2D eigenvalue weighted by Gasteiger charge is 1.98. The molecule has 0 radical (unpaired) electrons. The quantitative estimate of drug-likeness (QED) is 0.686. The maximum atomic E-state index is 5.67. The van der Waals surface area contributed by atoms with Crippen LogP contribution in [0.15, 0.2) is 17.2 Å². The molecule has 0 unspecified atom stereocenters. The summed E-state index contributed by atoms with van der Waals surface area (Å²) in [6, 6.07) is 3.88. The van der Waals surface area contributed by atoms with Gasteiger partial charge in [0.1, 0.15) is 5.03 Å². The Balaban J connectivity index is 3.02. The van der Waals surface area contributed by atoms with Crippen molar-refractivity contribution in [1.82, 2.24) is 4.98 Å². The monoisotopic (exact) mass is 168 g/mol. The summed E-state index contributed by atoms with van der Waals surface area (Å²) >= 11 is 1.59. The van der Waals surface area contributed by atoms with E-state index in [1.165, 1.54) is 0 Å². The van der Waals surface area contributed by atoms with E-state index in [-0.39, 0.29) is 0 Å². The first kappa shape index (κ1) is 8.40. The maximum Gasteiger partial charge on any atom is 0.119 e. The van der Waals surface area contributed by atoms with Crippen LogP contribution < -0.4 is 5.73 Å². The van der Waals surface area contributed by atoms with Gasteiger partial charge in [-0.2, -0.15) is 0 Å². The van der Waals surface area contributed by atoms with Gasteiger partial charge in [-0.3, -0.25) is 0 Å². The van der Waals surface area contributed by atoms with Crippen LogP contribution in [0.1, 0.15) is 12.6 Å². The number of hydrogen-bond donors (Lipinski definition) is 1. The van der Waals surface area contributed by atoms with E-state index in [0.29, 0.717) is 0 Å². The number of aryl methyl sites for hydroxylation is 1. The van der Waals surface area contributed by atoms with Gasteiger partial charge in [-0.1, -0.05) is 6.92 Å². The Labute approximate surface area is 71.2 Å². The maximum absolute atomic E-state index is 5.67. The minimum absolute atomic E-state index is 0.773. The van der Waals surface area contributed by atoms with E-state index in [1.54, 1.807) is 11.8 Å². The van der Waals surface area contributed by atoms with Crippen LogP contribution in [0.5, 0.6) is 0 Å². The Kier molecular flexibility index (Phi) is 2.76. The highest BCUT2D eigenvalue weighted by Crippen LogP contribution is 2.19. The number of thioether (sulfide) groups is 1. The van der Waals surface area contributed by atoms with E-state index >= 15 is 0 Å². The van der Waals surface area contributed by atoms with Gasteiger partial charge in [0, 0.05) is 5.69 Å². The van der Waals surface area contributed by atoms with Crippen molar-refractivity contribution in [2.75, 3.05) is 12.0 Å². The molecule has 0 aliphatic heterocycles. The molecule has 0 saturated heterocycles. The van der Waals surface area contributed by atoms with Gasteiger partial charge in [-0.05, 0) is 24.8 Å². The number of nitrogens with zero attached hydrogens (tertiary/aromatic N) is 1. The number of pyridine rings is 1. The Morgan fingerprint density at radius 1 is 1.55 bits per heavy atom. The summed E-state index contributed by atoms with van der Waals surface area (Å²) in [6.45, 7) is 2.09. The zero-order chi connectivity index (χ0) is 8.27. The van der Waals surface area contributed by atoms with Crippen molar-refractivity contribution in [2.24, 2.45) is 0 Å². The summed E-state index contributed by atoms with van der Waals surface area (Å²) in [5, 5.41) is 0.935. The molecule has 1 aromatic heterocycles. The molecule has 2 N–H and O–H groups in total. The van der Waals surface area contributed by atoms with Gasteiger partial charge in [-0.15, -0.1) is 11.8 Å². The minimum Gasteiger partial charge on any atom is -0.397 e. The molecule has 3 heteroatoms. The number of nitrogen functional groups attached to an aromatic ring is 1. The number of rotatable bonds is 2. The molecule has 2 nitrogen and oxygen atoms in total. The second-order valence-electron chi connectivity index (χ2n) is 2.25. The van der Waals surface area contributed by atoms with Crippen LogP contribution in [0, 0.1) is 0 Å². The molecular formula is C8H12N2S. The van der Waals surface area contributed by atoms with Gasteiger partial charge in [-0.25, -0.2) is 4.98 Å². The van der Waals surface area contributed by atoms with Gasteiger partial charge < -0.3 is 5.73 Å². The van der Waals surface area contributed by atoms with Gasteiger partial charge in [0.15, 0.2) is 0 Å².